The van der Waals surface area contributed by atoms with Crippen LogP contribution in [0, 0.1) is 75.9 Å². The Morgan fingerprint density at radius 1 is 0.483 bits per heavy atom. The zero-order chi connectivity index (χ0) is 43.2. The van der Waals surface area contributed by atoms with E-state index in [1.165, 1.54) is 32.1 Å². The van der Waals surface area contributed by atoms with Crippen LogP contribution in [0.3, 0.4) is 0 Å². The van der Waals surface area contributed by atoms with Crippen molar-refractivity contribution in [1.82, 2.24) is 0 Å². The van der Waals surface area contributed by atoms with Gasteiger partial charge >= 0.3 is 7.32 Å². The van der Waals surface area contributed by atoms with Gasteiger partial charge in [0.25, 0.3) is 0 Å². The predicted molar refractivity (Wildman–Crippen MR) is 194 cm³/mol. The second kappa shape index (κ2) is 22.6. The number of hydrogen-bond acceptors (Lipinski definition) is 3. The highest BCUT2D eigenvalue weighted by Gasteiger charge is 2.39. The summed E-state index contributed by atoms with van der Waals surface area (Å²) in [5, 5.41) is 0. The van der Waals surface area contributed by atoms with Gasteiger partial charge in [-0.3, -0.25) is 8.78 Å². The molecule has 0 aliphatic rings. The van der Waals surface area contributed by atoms with E-state index < -0.39 is 106 Å². The molecule has 4 nitrogen and oxygen atoms in total. The standard InChI is InChI=1S/C35H42BF9NO3.C6H2F3/c1-5-6-7-8-9-10-11-12-13-14-15-16-29(46(2,3)4)31-30(21-28(41)34(44)35(31)45)49-36(47-22-17-24(37)32(42)25(38)18-22)48-23-19-26(39)33(43)27(40)20-23;7-4-2-1-3-5(8)6(4)9/h17-21,29H,5-16H2,1-4H3;2-3H/q+1;-1. The Kier molecular flexibility index (Phi) is 18.6. The predicted octanol–water partition coefficient (Wildman–Crippen LogP) is 12.8. The molecular formula is C41H44BF12NO3. The molecule has 0 amide bonds. The lowest BCUT2D eigenvalue weighted by Gasteiger charge is -2.36. The molecule has 318 valence electrons. The molecule has 1 atom stereocenters. The van der Waals surface area contributed by atoms with Gasteiger partial charge in [-0.25, -0.2) is 43.9 Å². The van der Waals surface area contributed by atoms with Crippen molar-refractivity contribution in [3.05, 3.63) is 124 Å². The van der Waals surface area contributed by atoms with E-state index in [4.69, 9.17) is 14.0 Å². The fraction of sp³-hybridized carbons (Fsp3) is 0.415. The number of hydrogen-bond donors (Lipinski definition) is 0. The average molecular weight is 838 g/mol. The number of rotatable bonds is 20. The van der Waals surface area contributed by atoms with Crippen LogP contribution in [-0.4, -0.2) is 32.9 Å². The molecule has 17 heteroatoms. The van der Waals surface area contributed by atoms with Gasteiger partial charge in [0.05, 0.1) is 32.5 Å². The van der Waals surface area contributed by atoms with Crippen LogP contribution in [-0.2, 0) is 0 Å². The summed E-state index contributed by atoms with van der Waals surface area (Å²) in [6, 6.07) is 4.76. The van der Waals surface area contributed by atoms with E-state index in [-0.39, 0.29) is 4.48 Å². The third kappa shape index (κ3) is 14.1. The van der Waals surface area contributed by atoms with Gasteiger partial charge in [0.1, 0.15) is 23.3 Å². The number of benzene rings is 4. The zero-order valence-corrected chi connectivity index (χ0v) is 32.4. The van der Waals surface area contributed by atoms with Gasteiger partial charge in [0, 0.05) is 48.4 Å². The van der Waals surface area contributed by atoms with Crippen LogP contribution in [0.5, 0.6) is 17.2 Å². The van der Waals surface area contributed by atoms with Crippen LogP contribution >= 0.6 is 0 Å². The molecule has 0 radical (unpaired) electrons. The minimum Gasteiger partial charge on any atom is -0.489 e. The summed E-state index contributed by atoms with van der Waals surface area (Å²) in [5.74, 6) is -21.5. The maximum atomic E-state index is 15.7. The molecule has 0 fully saturated rings. The Morgan fingerprint density at radius 2 is 0.862 bits per heavy atom. The molecule has 4 aromatic rings. The van der Waals surface area contributed by atoms with Gasteiger partial charge in [-0.2, -0.15) is 6.07 Å². The van der Waals surface area contributed by atoms with E-state index >= 15 is 4.39 Å². The van der Waals surface area contributed by atoms with E-state index in [0.717, 1.165) is 44.2 Å². The van der Waals surface area contributed by atoms with Gasteiger partial charge in [0.15, 0.2) is 52.4 Å². The molecule has 58 heavy (non-hydrogen) atoms. The maximum absolute atomic E-state index is 15.7. The number of halogens is 12. The molecular weight excluding hydrogens is 793 g/mol. The molecule has 0 aliphatic carbocycles. The summed E-state index contributed by atoms with van der Waals surface area (Å²) >= 11 is 0. The topological polar surface area (TPSA) is 27.7 Å². The third-order valence-corrected chi connectivity index (χ3v) is 8.95. The lowest BCUT2D eigenvalue weighted by Crippen LogP contribution is -2.41. The van der Waals surface area contributed by atoms with Crippen LogP contribution < -0.4 is 14.0 Å². The van der Waals surface area contributed by atoms with Gasteiger partial charge in [-0.1, -0.05) is 71.1 Å². The van der Waals surface area contributed by atoms with Crippen molar-refractivity contribution in [3.8, 4) is 17.2 Å². The SMILES string of the molecule is CCCCCCCCCCCCCC(c1c(OB(Oc2cc(F)c(F)c(F)c2)Oc2cc(F)c(F)c(F)c2)cc(F)c(F)c1F)[N+](C)(C)C.Fc1c[c-]cc(F)c1F. The largest absolute Gasteiger partial charge is 0.864 e. The molecule has 0 N–H and O–H groups in total. The van der Waals surface area contributed by atoms with Crippen molar-refractivity contribution in [2.75, 3.05) is 21.1 Å². The summed E-state index contributed by atoms with van der Waals surface area (Å²) < 4.78 is 180. The third-order valence-electron chi connectivity index (χ3n) is 8.95. The smallest absolute Gasteiger partial charge is 0.489 e. The molecule has 4 aromatic carbocycles. The van der Waals surface area contributed by atoms with Crippen LogP contribution in [0.25, 0.3) is 0 Å². The normalized spacial score (nSPS) is 11.9. The Balaban J connectivity index is 0.000000878. The van der Waals surface area contributed by atoms with E-state index in [9.17, 15) is 48.3 Å². The van der Waals surface area contributed by atoms with Crippen LogP contribution in [0.4, 0.5) is 52.7 Å². The second-order valence-corrected chi connectivity index (χ2v) is 14.4. The van der Waals surface area contributed by atoms with E-state index in [1.807, 2.05) is 0 Å². The number of unbranched alkanes of at least 4 members (excludes halogenated alkanes) is 10. The molecule has 4 rings (SSSR count). The zero-order valence-electron chi connectivity index (χ0n) is 32.4. The number of nitrogens with zero attached hydrogens (tertiary/aromatic N) is 1. The summed E-state index contributed by atoms with van der Waals surface area (Å²) in [5.41, 5.74) is -0.427. The van der Waals surface area contributed by atoms with Crippen molar-refractivity contribution in [2.24, 2.45) is 0 Å². The lowest BCUT2D eigenvalue weighted by atomic mass is 9.95. The van der Waals surface area contributed by atoms with Crippen LogP contribution in [0.2, 0.25) is 0 Å². The minimum atomic E-state index is -2.33. The monoisotopic (exact) mass is 837 g/mol. The highest BCUT2D eigenvalue weighted by Crippen LogP contribution is 2.40. The fourth-order valence-corrected chi connectivity index (χ4v) is 5.94. The molecule has 0 spiro atoms. The molecule has 0 saturated carbocycles. The Labute approximate surface area is 330 Å². The lowest BCUT2D eigenvalue weighted by molar-refractivity contribution is -0.902. The van der Waals surface area contributed by atoms with Crippen molar-refractivity contribution in [2.45, 2.75) is 90.0 Å². The van der Waals surface area contributed by atoms with Crippen molar-refractivity contribution in [3.63, 3.8) is 0 Å². The molecule has 0 aliphatic heterocycles. The van der Waals surface area contributed by atoms with Crippen molar-refractivity contribution in [1.29, 1.82) is 0 Å². The molecule has 0 bridgehead atoms. The van der Waals surface area contributed by atoms with Gasteiger partial charge < -0.3 is 18.4 Å². The highest BCUT2D eigenvalue weighted by molar-refractivity contribution is 6.39. The minimum absolute atomic E-state index is 0.0191. The first-order valence-electron chi connectivity index (χ1n) is 18.6. The quantitative estimate of drug-likeness (QED) is 0.0222. The Bertz CT molecular complexity index is 1820. The highest BCUT2D eigenvalue weighted by atomic mass is 19.2. The Hall–Kier alpha value is -4.54. The van der Waals surface area contributed by atoms with Gasteiger partial charge in [0.2, 0.25) is 0 Å². The number of quaternary nitrogens is 1. The van der Waals surface area contributed by atoms with Crippen LogP contribution in [0.1, 0.15) is 95.6 Å². The first-order valence-corrected chi connectivity index (χ1v) is 18.6. The summed E-state index contributed by atoms with van der Waals surface area (Å²) in [6.07, 6.45) is 11.9. The van der Waals surface area contributed by atoms with Gasteiger partial charge in [-0.05, 0) is 6.42 Å². The molecule has 0 saturated heterocycles. The van der Waals surface area contributed by atoms with Gasteiger partial charge in [-0.15, -0.1) is 12.1 Å². The van der Waals surface area contributed by atoms with E-state index in [0.29, 0.717) is 43.2 Å². The maximum Gasteiger partial charge on any atom is 0.864 e. The average Bonchev–Trinajstić information content (AvgIpc) is 3.15. The second-order valence-electron chi connectivity index (χ2n) is 14.4. The van der Waals surface area contributed by atoms with Crippen LogP contribution in [0.15, 0.2) is 42.5 Å². The molecule has 0 heterocycles. The molecule has 0 aromatic heterocycles. The summed E-state index contributed by atoms with van der Waals surface area (Å²) in [4.78, 5) is 0. The Morgan fingerprint density at radius 3 is 1.26 bits per heavy atom. The fourth-order valence-electron chi connectivity index (χ4n) is 5.94. The van der Waals surface area contributed by atoms with E-state index in [1.54, 1.807) is 21.1 Å². The van der Waals surface area contributed by atoms with Crippen molar-refractivity contribution >= 4 is 7.32 Å². The van der Waals surface area contributed by atoms with Crippen molar-refractivity contribution < 1.29 is 71.1 Å². The first-order chi connectivity index (χ1) is 27.3. The first kappa shape index (κ1) is 47.8. The summed E-state index contributed by atoms with van der Waals surface area (Å²) in [7, 11) is 2.77. The molecule has 1 unspecified atom stereocenters. The van der Waals surface area contributed by atoms with E-state index in [2.05, 4.69) is 13.0 Å². The summed E-state index contributed by atoms with van der Waals surface area (Å²) in [6.45, 7) is 2.17.